The second kappa shape index (κ2) is 7.31. The van der Waals surface area contributed by atoms with E-state index in [4.69, 9.17) is 0 Å². The standard InChI is InChI=1S/C16H21N3OS/c1-4-7-13(15-17-10-11-19(15)2)18-16(20)12-8-5-6-9-14(12)21-3/h5-6,8-11,13H,4,7H2,1-3H3,(H,18,20)/t13-/m1/s1. The third-order valence-corrected chi connectivity index (χ3v) is 4.20. The van der Waals surface area contributed by atoms with E-state index in [-0.39, 0.29) is 11.9 Å². The summed E-state index contributed by atoms with van der Waals surface area (Å²) in [5, 5.41) is 3.12. The van der Waals surface area contributed by atoms with Crippen LogP contribution in [0.4, 0.5) is 0 Å². The highest BCUT2D eigenvalue weighted by molar-refractivity contribution is 7.98. The van der Waals surface area contributed by atoms with Gasteiger partial charge in [0.15, 0.2) is 0 Å². The van der Waals surface area contributed by atoms with Gasteiger partial charge in [-0.1, -0.05) is 25.5 Å². The number of hydrogen-bond donors (Lipinski definition) is 1. The summed E-state index contributed by atoms with van der Waals surface area (Å²) in [7, 11) is 1.95. The molecule has 5 heteroatoms. The van der Waals surface area contributed by atoms with Crippen LogP contribution in [0.1, 0.15) is 42.0 Å². The second-order valence-corrected chi connectivity index (χ2v) is 5.76. The molecule has 112 valence electrons. The van der Waals surface area contributed by atoms with Crippen LogP contribution in [0.25, 0.3) is 0 Å². The number of carbonyl (C=O) groups excluding carboxylic acids is 1. The van der Waals surface area contributed by atoms with Crippen molar-refractivity contribution >= 4 is 17.7 Å². The van der Waals surface area contributed by atoms with Gasteiger partial charge in [0.25, 0.3) is 5.91 Å². The fourth-order valence-corrected chi connectivity index (χ4v) is 2.93. The van der Waals surface area contributed by atoms with Gasteiger partial charge in [0.1, 0.15) is 5.82 Å². The zero-order valence-corrected chi connectivity index (χ0v) is 13.5. The van der Waals surface area contributed by atoms with E-state index >= 15 is 0 Å². The van der Waals surface area contributed by atoms with Crippen molar-refractivity contribution in [2.75, 3.05) is 6.26 Å². The van der Waals surface area contributed by atoms with Gasteiger partial charge in [-0.05, 0) is 24.8 Å². The first kappa shape index (κ1) is 15.6. The minimum Gasteiger partial charge on any atom is -0.342 e. The largest absolute Gasteiger partial charge is 0.342 e. The highest BCUT2D eigenvalue weighted by atomic mass is 32.2. The molecule has 0 aliphatic rings. The number of thioether (sulfide) groups is 1. The Labute approximate surface area is 130 Å². The van der Waals surface area contributed by atoms with Crippen molar-refractivity contribution in [2.45, 2.75) is 30.7 Å². The molecule has 1 heterocycles. The minimum atomic E-state index is -0.0580. The highest BCUT2D eigenvalue weighted by Gasteiger charge is 2.19. The van der Waals surface area contributed by atoms with Crippen molar-refractivity contribution in [3.63, 3.8) is 0 Å². The van der Waals surface area contributed by atoms with E-state index in [1.54, 1.807) is 18.0 Å². The SMILES string of the molecule is CCC[C@@H](NC(=O)c1ccccc1SC)c1nccn1C. The van der Waals surface area contributed by atoms with Crippen LogP contribution in [-0.4, -0.2) is 21.7 Å². The lowest BCUT2D eigenvalue weighted by Gasteiger charge is -2.18. The Hall–Kier alpha value is -1.75. The second-order valence-electron chi connectivity index (χ2n) is 4.91. The molecule has 21 heavy (non-hydrogen) atoms. The van der Waals surface area contributed by atoms with Gasteiger partial charge in [0.2, 0.25) is 0 Å². The predicted molar refractivity (Wildman–Crippen MR) is 86.5 cm³/mol. The molecule has 1 N–H and O–H groups in total. The van der Waals surface area contributed by atoms with Gasteiger partial charge in [-0.25, -0.2) is 4.98 Å². The Balaban J connectivity index is 2.21. The molecular formula is C16H21N3OS. The van der Waals surface area contributed by atoms with Crippen molar-refractivity contribution in [3.05, 3.63) is 48.0 Å². The number of hydrogen-bond acceptors (Lipinski definition) is 3. The zero-order valence-electron chi connectivity index (χ0n) is 12.7. The number of aryl methyl sites for hydroxylation is 1. The molecule has 0 aliphatic heterocycles. The van der Waals surface area contributed by atoms with Gasteiger partial charge >= 0.3 is 0 Å². The maximum absolute atomic E-state index is 12.6. The van der Waals surface area contributed by atoms with E-state index in [2.05, 4.69) is 17.2 Å². The molecule has 0 aliphatic carbocycles. The van der Waals surface area contributed by atoms with E-state index < -0.39 is 0 Å². The molecule has 1 atom stereocenters. The molecule has 1 aromatic heterocycles. The summed E-state index contributed by atoms with van der Waals surface area (Å²) in [6, 6.07) is 7.62. The van der Waals surface area contributed by atoms with Crippen molar-refractivity contribution in [3.8, 4) is 0 Å². The van der Waals surface area contributed by atoms with Crippen molar-refractivity contribution in [1.82, 2.24) is 14.9 Å². The van der Waals surface area contributed by atoms with Crippen LogP contribution in [0.3, 0.4) is 0 Å². The summed E-state index contributed by atoms with van der Waals surface area (Å²) >= 11 is 1.58. The first-order chi connectivity index (χ1) is 10.2. The molecule has 1 aromatic carbocycles. The maximum atomic E-state index is 12.6. The normalized spacial score (nSPS) is 12.1. The van der Waals surface area contributed by atoms with E-state index in [0.717, 1.165) is 29.1 Å². The molecule has 0 saturated heterocycles. The van der Waals surface area contributed by atoms with Crippen LogP contribution in [-0.2, 0) is 7.05 Å². The number of amides is 1. The lowest BCUT2D eigenvalue weighted by molar-refractivity contribution is 0.0929. The van der Waals surface area contributed by atoms with E-state index in [0.29, 0.717) is 0 Å². The summed E-state index contributed by atoms with van der Waals surface area (Å²) in [6.07, 6.45) is 7.51. The molecule has 4 nitrogen and oxygen atoms in total. The van der Waals surface area contributed by atoms with Crippen molar-refractivity contribution < 1.29 is 4.79 Å². The maximum Gasteiger partial charge on any atom is 0.253 e. The average molecular weight is 303 g/mol. The van der Waals surface area contributed by atoms with Crippen LogP contribution < -0.4 is 5.32 Å². The Bertz CT molecular complexity index is 609. The predicted octanol–water partition coefficient (Wildman–Crippen LogP) is 3.41. The monoisotopic (exact) mass is 303 g/mol. The van der Waals surface area contributed by atoms with Gasteiger partial charge < -0.3 is 9.88 Å². The number of rotatable bonds is 6. The lowest BCUT2D eigenvalue weighted by atomic mass is 10.1. The Morgan fingerprint density at radius 3 is 2.81 bits per heavy atom. The van der Waals surface area contributed by atoms with E-state index in [1.165, 1.54) is 0 Å². The van der Waals surface area contributed by atoms with E-state index in [1.807, 2.05) is 48.3 Å². The fourth-order valence-electron chi connectivity index (χ4n) is 2.34. The van der Waals surface area contributed by atoms with Gasteiger partial charge in [-0.3, -0.25) is 4.79 Å². The van der Waals surface area contributed by atoms with Crippen LogP contribution in [0.5, 0.6) is 0 Å². The van der Waals surface area contributed by atoms with Crippen molar-refractivity contribution in [1.29, 1.82) is 0 Å². The first-order valence-corrected chi connectivity index (χ1v) is 8.31. The van der Waals surface area contributed by atoms with Gasteiger partial charge in [-0.2, -0.15) is 0 Å². The summed E-state index contributed by atoms with van der Waals surface area (Å²) < 4.78 is 1.96. The fraction of sp³-hybridized carbons (Fsp3) is 0.375. The Morgan fingerprint density at radius 1 is 1.43 bits per heavy atom. The molecule has 0 saturated carbocycles. The molecule has 2 aromatic rings. The van der Waals surface area contributed by atoms with Crippen LogP contribution in [0.2, 0.25) is 0 Å². The van der Waals surface area contributed by atoms with Gasteiger partial charge in [0.05, 0.1) is 11.6 Å². The summed E-state index contributed by atoms with van der Waals surface area (Å²) in [5.41, 5.74) is 0.723. The minimum absolute atomic E-state index is 0.0404. The molecule has 0 unspecified atom stereocenters. The zero-order chi connectivity index (χ0) is 15.2. The number of benzene rings is 1. The summed E-state index contributed by atoms with van der Waals surface area (Å²) in [6.45, 7) is 2.11. The Kier molecular flexibility index (Phi) is 5.44. The number of nitrogens with zero attached hydrogens (tertiary/aromatic N) is 2. The molecular weight excluding hydrogens is 282 g/mol. The number of aromatic nitrogens is 2. The van der Waals surface area contributed by atoms with Crippen molar-refractivity contribution in [2.24, 2.45) is 7.05 Å². The molecule has 0 spiro atoms. The average Bonchev–Trinajstić information content (AvgIpc) is 2.92. The third-order valence-electron chi connectivity index (χ3n) is 3.40. The van der Waals surface area contributed by atoms with Crippen LogP contribution >= 0.6 is 11.8 Å². The number of carbonyl (C=O) groups is 1. The molecule has 0 fully saturated rings. The number of nitrogens with one attached hydrogen (secondary N) is 1. The lowest BCUT2D eigenvalue weighted by Crippen LogP contribution is -2.30. The molecule has 0 bridgehead atoms. The first-order valence-electron chi connectivity index (χ1n) is 7.08. The molecule has 0 radical (unpaired) electrons. The third kappa shape index (κ3) is 3.67. The van der Waals surface area contributed by atoms with Crippen LogP contribution in [0, 0.1) is 0 Å². The summed E-state index contributed by atoms with van der Waals surface area (Å²) in [5.74, 6) is 0.855. The Morgan fingerprint density at radius 2 is 2.19 bits per heavy atom. The molecule has 1 amide bonds. The quantitative estimate of drug-likeness (QED) is 0.832. The highest BCUT2D eigenvalue weighted by Crippen LogP contribution is 2.22. The van der Waals surface area contributed by atoms with Gasteiger partial charge in [-0.15, -0.1) is 11.8 Å². The van der Waals surface area contributed by atoms with Crippen LogP contribution in [0.15, 0.2) is 41.6 Å². The molecule has 2 rings (SSSR count). The topological polar surface area (TPSA) is 46.9 Å². The van der Waals surface area contributed by atoms with E-state index in [9.17, 15) is 4.79 Å². The smallest absolute Gasteiger partial charge is 0.253 e. The van der Waals surface area contributed by atoms with Gasteiger partial charge in [0, 0.05) is 24.3 Å². The summed E-state index contributed by atoms with van der Waals surface area (Å²) in [4.78, 5) is 17.9. The number of imidazole rings is 1.